The molecule has 1 fully saturated rings. The number of fused-ring (bicyclic) bond motifs is 1. The van der Waals surface area contributed by atoms with Crippen LogP contribution in [0.1, 0.15) is 58.3 Å². The summed E-state index contributed by atoms with van der Waals surface area (Å²) in [5, 5.41) is 3.93. The van der Waals surface area contributed by atoms with Crippen LogP contribution in [0.25, 0.3) is 22.2 Å². The van der Waals surface area contributed by atoms with Crippen molar-refractivity contribution in [2.24, 2.45) is 0 Å². The van der Waals surface area contributed by atoms with Gasteiger partial charge in [0.2, 0.25) is 0 Å². The summed E-state index contributed by atoms with van der Waals surface area (Å²) in [6.07, 6.45) is 2.10. The van der Waals surface area contributed by atoms with Gasteiger partial charge in [-0.25, -0.2) is 0 Å². The van der Waals surface area contributed by atoms with E-state index in [2.05, 4.69) is 45.9 Å². The molecule has 1 aromatic carbocycles. The lowest BCUT2D eigenvalue weighted by atomic mass is 10.00. The van der Waals surface area contributed by atoms with Gasteiger partial charge in [-0.1, -0.05) is 6.07 Å². The SMILES string of the molecule is Cc1cc(C)c(CNC(=O)c2cc(-c3cccc(CN4CCOCC4)n3)cc3c2c(C)cn3C(C)C)c(=O)[nH]1. The quantitative estimate of drug-likeness (QED) is 0.365. The molecule has 39 heavy (non-hydrogen) atoms. The highest BCUT2D eigenvalue weighted by Gasteiger charge is 2.20. The summed E-state index contributed by atoms with van der Waals surface area (Å²) in [5.41, 5.74) is 7.38. The number of hydrogen-bond donors (Lipinski definition) is 2. The molecule has 204 valence electrons. The van der Waals surface area contributed by atoms with Gasteiger partial charge >= 0.3 is 0 Å². The normalized spacial score (nSPS) is 14.3. The minimum Gasteiger partial charge on any atom is -0.379 e. The van der Waals surface area contributed by atoms with Crippen molar-refractivity contribution < 1.29 is 9.53 Å². The predicted octanol–water partition coefficient (Wildman–Crippen LogP) is 4.66. The average Bonchev–Trinajstić information content (AvgIpc) is 3.25. The first-order chi connectivity index (χ1) is 18.7. The average molecular weight is 528 g/mol. The van der Waals surface area contributed by atoms with Crippen LogP contribution in [0.3, 0.4) is 0 Å². The molecule has 4 heterocycles. The van der Waals surface area contributed by atoms with E-state index < -0.39 is 0 Å². The van der Waals surface area contributed by atoms with Gasteiger partial charge in [0.15, 0.2) is 0 Å². The maximum absolute atomic E-state index is 13.7. The number of hydrogen-bond acceptors (Lipinski definition) is 5. The second kappa shape index (κ2) is 11.2. The largest absolute Gasteiger partial charge is 0.379 e. The van der Waals surface area contributed by atoms with Gasteiger partial charge in [-0.15, -0.1) is 0 Å². The van der Waals surface area contributed by atoms with E-state index in [0.717, 1.165) is 77.5 Å². The Labute approximate surface area is 229 Å². The molecule has 5 rings (SSSR count). The highest BCUT2D eigenvalue weighted by Crippen LogP contribution is 2.32. The highest BCUT2D eigenvalue weighted by atomic mass is 16.5. The van der Waals surface area contributed by atoms with Crippen molar-refractivity contribution in [1.29, 1.82) is 0 Å². The number of benzene rings is 1. The Morgan fingerprint density at radius 3 is 2.59 bits per heavy atom. The Morgan fingerprint density at radius 2 is 1.87 bits per heavy atom. The maximum atomic E-state index is 13.7. The Balaban J connectivity index is 1.53. The molecule has 0 saturated carbocycles. The topological polar surface area (TPSA) is 92.2 Å². The fourth-order valence-electron chi connectivity index (χ4n) is 5.42. The third kappa shape index (κ3) is 5.67. The molecular formula is C31H37N5O3. The Hall–Kier alpha value is -3.75. The van der Waals surface area contributed by atoms with Crippen LogP contribution in [0, 0.1) is 20.8 Å². The summed E-state index contributed by atoms with van der Waals surface area (Å²) in [7, 11) is 0. The third-order valence-corrected chi connectivity index (χ3v) is 7.44. The van der Waals surface area contributed by atoms with Crippen molar-refractivity contribution in [2.75, 3.05) is 26.3 Å². The van der Waals surface area contributed by atoms with Crippen molar-refractivity contribution in [2.45, 2.75) is 53.8 Å². The highest BCUT2D eigenvalue weighted by molar-refractivity contribution is 6.09. The van der Waals surface area contributed by atoms with Crippen LogP contribution >= 0.6 is 0 Å². The summed E-state index contributed by atoms with van der Waals surface area (Å²) < 4.78 is 7.69. The fraction of sp³-hybridized carbons (Fsp3) is 0.387. The second-order valence-corrected chi connectivity index (χ2v) is 10.8. The first kappa shape index (κ1) is 26.8. The molecule has 0 spiro atoms. The van der Waals surface area contributed by atoms with Crippen LogP contribution in [-0.2, 0) is 17.8 Å². The molecule has 1 saturated heterocycles. The minimum atomic E-state index is -0.213. The molecule has 1 aliphatic heterocycles. The van der Waals surface area contributed by atoms with Crippen molar-refractivity contribution >= 4 is 16.8 Å². The Kier molecular flexibility index (Phi) is 7.68. The summed E-state index contributed by atoms with van der Waals surface area (Å²) >= 11 is 0. The number of H-pyrrole nitrogens is 1. The molecule has 8 heteroatoms. The smallest absolute Gasteiger partial charge is 0.253 e. The maximum Gasteiger partial charge on any atom is 0.253 e. The van der Waals surface area contributed by atoms with E-state index in [9.17, 15) is 9.59 Å². The van der Waals surface area contributed by atoms with Gasteiger partial charge in [-0.2, -0.15) is 0 Å². The molecule has 8 nitrogen and oxygen atoms in total. The second-order valence-electron chi connectivity index (χ2n) is 10.8. The monoisotopic (exact) mass is 527 g/mol. The van der Waals surface area contributed by atoms with E-state index in [1.807, 2.05) is 51.1 Å². The van der Waals surface area contributed by atoms with Gasteiger partial charge in [-0.05, 0) is 76.1 Å². The van der Waals surface area contributed by atoms with Crippen LogP contribution in [0.5, 0.6) is 0 Å². The van der Waals surface area contributed by atoms with E-state index in [-0.39, 0.29) is 24.1 Å². The zero-order chi connectivity index (χ0) is 27.7. The van der Waals surface area contributed by atoms with Crippen LogP contribution in [-0.4, -0.2) is 51.6 Å². The van der Waals surface area contributed by atoms with E-state index in [1.54, 1.807) is 0 Å². The summed E-state index contributed by atoms with van der Waals surface area (Å²) in [4.78, 5) is 36.4. The molecule has 3 aromatic heterocycles. The van der Waals surface area contributed by atoms with Crippen LogP contribution in [0.2, 0.25) is 0 Å². The van der Waals surface area contributed by atoms with Gasteiger partial charge in [0.1, 0.15) is 0 Å². The van der Waals surface area contributed by atoms with Gasteiger partial charge in [0.25, 0.3) is 11.5 Å². The van der Waals surface area contributed by atoms with E-state index in [4.69, 9.17) is 9.72 Å². The van der Waals surface area contributed by atoms with E-state index in [1.165, 1.54) is 0 Å². The van der Waals surface area contributed by atoms with Crippen LogP contribution in [0.4, 0.5) is 0 Å². The number of ether oxygens (including phenoxy) is 1. The van der Waals surface area contributed by atoms with Crippen LogP contribution < -0.4 is 10.9 Å². The number of aromatic nitrogens is 3. The molecule has 0 aliphatic carbocycles. The van der Waals surface area contributed by atoms with Crippen molar-refractivity contribution in [3.05, 3.63) is 86.6 Å². The Morgan fingerprint density at radius 1 is 1.10 bits per heavy atom. The lowest BCUT2D eigenvalue weighted by Crippen LogP contribution is -2.35. The lowest BCUT2D eigenvalue weighted by molar-refractivity contribution is 0.0336. The molecule has 1 aliphatic rings. The number of morpholine rings is 1. The standard InChI is InChI=1S/C31H37N5O3/c1-19(2)36-17-21(4)29-25(30(37)32-16-26-20(3)13-22(5)33-31(26)38)14-23(15-28(29)36)27-8-6-7-24(34-27)18-35-9-11-39-12-10-35/h6-8,13-15,17,19H,9-12,16,18H2,1-5H3,(H,32,37)(H,33,38). The molecule has 2 N–H and O–H groups in total. The lowest BCUT2D eigenvalue weighted by Gasteiger charge is -2.26. The van der Waals surface area contributed by atoms with Crippen LogP contribution in [0.15, 0.2) is 47.4 Å². The van der Waals surface area contributed by atoms with Gasteiger partial charge < -0.3 is 19.6 Å². The van der Waals surface area contributed by atoms with Crippen molar-refractivity contribution in [1.82, 2.24) is 24.8 Å². The van der Waals surface area contributed by atoms with Gasteiger partial charge in [0.05, 0.1) is 24.6 Å². The molecule has 1 amide bonds. The summed E-state index contributed by atoms with van der Waals surface area (Å²) in [6, 6.07) is 12.3. The predicted molar refractivity (Wildman–Crippen MR) is 154 cm³/mol. The number of nitrogens with one attached hydrogen (secondary N) is 2. The number of nitrogens with zero attached hydrogens (tertiary/aromatic N) is 3. The van der Waals surface area contributed by atoms with Crippen molar-refractivity contribution in [3.8, 4) is 11.3 Å². The first-order valence-electron chi connectivity index (χ1n) is 13.6. The number of pyridine rings is 2. The third-order valence-electron chi connectivity index (χ3n) is 7.44. The zero-order valence-corrected chi connectivity index (χ0v) is 23.4. The van der Waals surface area contributed by atoms with Gasteiger partial charge in [-0.3, -0.25) is 19.5 Å². The summed E-state index contributed by atoms with van der Waals surface area (Å²) in [6.45, 7) is 14.3. The zero-order valence-electron chi connectivity index (χ0n) is 23.4. The molecule has 0 atom stereocenters. The number of amides is 1. The van der Waals surface area contributed by atoms with E-state index in [0.29, 0.717) is 11.1 Å². The number of carbonyl (C=O) groups excluding carboxylic acids is 1. The number of rotatable bonds is 7. The van der Waals surface area contributed by atoms with Crippen molar-refractivity contribution in [3.63, 3.8) is 0 Å². The molecule has 0 bridgehead atoms. The summed E-state index contributed by atoms with van der Waals surface area (Å²) in [5.74, 6) is -0.213. The molecule has 0 radical (unpaired) electrons. The first-order valence-corrected chi connectivity index (χ1v) is 13.6. The number of carbonyl (C=O) groups is 1. The minimum absolute atomic E-state index is 0.156. The van der Waals surface area contributed by atoms with E-state index >= 15 is 0 Å². The molecule has 4 aromatic rings. The number of aromatic amines is 1. The Bertz CT molecular complexity index is 1580. The van der Waals surface area contributed by atoms with Gasteiger partial charge in [0, 0.05) is 71.7 Å². The molecule has 0 unspecified atom stereocenters. The number of aryl methyl sites for hydroxylation is 3. The molecular weight excluding hydrogens is 490 g/mol. The fourth-order valence-corrected chi connectivity index (χ4v) is 5.42.